The highest BCUT2D eigenvalue weighted by atomic mass is 35.5. The third kappa shape index (κ3) is 4.37. The molecule has 1 atom stereocenters. The lowest BCUT2D eigenvalue weighted by molar-refractivity contribution is -0.140. The number of halogens is 1. The first-order valence-electron chi connectivity index (χ1n) is 8.38. The zero-order valence-electron chi connectivity index (χ0n) is 15.2. The zero-order valence-corrected chi connectivity index (χ0v) is 16.0. The Morgan fingerprint density at radius 1 is 1.36 bits per heavy atom. The van der Waals surface area contributed by atoms with Gasteiger partial charge in [0, 0.05) is 18.7 Å². The molecule has 10 heteroatoms. The van der Waals surface area contributed by atoms with Crippen molar-refractivity contribution in [3.63, 3.8) is 0 Å². The minimum atomic E-state index is -0.368. The molecule has 148 valence electrons. The number of nitrogens with two attached hydrogens (primary N) is 1. The van der Waals surface area contributed by atoms with Gasteiger partial charge in [0.05, 0.1) is 37.7 Å². The maximum atomic E-state index is 12.2. The third-order valence-corrected chi connectivity index (χ3v) is 4.39. The Morgan fingerprint density at radius 2 is 2.11 bits per heavy atom. The summed E-state index contributed by atoms with van der Waals surface area (Å²) in [6, 6.07) is 7.12. The summed E-state index contributed by atoms with van der Waals surface area (Å²) in [5.41, 5.74) is 8.06. The van der Waals surface area contributed by atoms with E-state index in [4.69, 9.17) is 11.1 Å². The van der Waals surface area contributed by atoms with Crippen molar-refractivity contribution in [2.45, 2.75) is 12.5 Å². The number of methoxy groups -OCH3 is 1. The second-order valence-electron chi connectivity index (χ2n) is 6.01. The van der Waals surface area contributed by atoms with Gasteiger partial charge in [0.2, 0.25) is 0 Å². The molecule has 3 rings (SSSR count). The summed E-state index contributed by atoms with van der Waals surface area (Å²) in [6.07, 6.45) is 3.12. The van der Waals surface area contributed by atoms with Crippen molar-refractivity contribution in [2.24, 2.45) is 5.73 Å². The number of ether oxygens (including phenoxy) is 1. The van der Waals surface area contributed by atoms with E-state index in [1.165, 1.54) is 13.3 Å². The van der Waals surface area contributed by atoms with Gasteiger partial charge in [-0.3, -0.25) is 15.2 Å². The molecule has 2 aromatic rings. The van der Waals surface area contributed by atoms with Crippen LogP contribution in [0, 0.1) is 5.41 Å². The Morgan fingerprint density at radius 3 is 2.75 bits per heavy atom. The van der Waals surface area contributed by atoms with E-state index in [0.29, 0.717) is 17.9 Å². The van der Waals surface area contributed by atoms with E-state index in [1.807, 2.05) is 24.3 Å². The number of benzene rings is 1. The summed E-state index contributed by atoms with van der Waals surface area (Å²) < 4.78 is 4.67. The molecule has 1 fully saturated rings. The number of hydrogen-bond donors (Lipinski definition) is 3. The van der Waals surface area contributed by atoms with Crippen LogP contribution in [0.1, 0.15) is 23.7 Å². The van der Waals surface area contributed by atoms with Crippen molar-refractivity contribution < 1.29 is 14.3 Å². The molecule has 2 amide bonds. The van der Waals surface area contributed by atoms with Crippen LogP contribution in [0.4, 0.5) is 4.79 Å². The molecule has 1 unspecified atom stereocenters. The van der Waals surface area contributed by atoms with Crippen LogP contribution in [-0.4, -0.2) is 52.9 Å². The molecule has 0 aliphatic carbocycles. The van der Waals surface area contributed by atoms with E-state index in [0.717, 1.165) is 11.1 Å². The Bertz CT molecular complexity index is 874. The largest absolute Gasteiger partial charge is 0.469 e. The van der Waals surface area contributed by atoms with Gasteiger partial charge in [-0.25, -0.2) is 9.78 Å². The topological polar surface area (TPSA) is 134 Å². The minimum absolute atomic E-state index is 0. The van der Waals surface area contributed by atoms with Crippen LogP contribution in [0.25, 0.3) is 11.3 Å². The number of hydrogen-bond acceptors (Lipinski definition) is 6. The number of amides is 2. The highest BCUT2D eigenvalue weighted by molar-refractivity contribution is 5.92. The third-order valence-electron chi connectivity index (χ3n) is 4.39. The van der Waals surface area contributed by atoms with E-state index in [1.54, 1.807) is 11.1 Å². The number of carbonyl (C=O) groups is 2. The Hall–Kier alpha value is -3.20. The Labute approximate surface area is 168 Å². The number of rotatable bonds is 6. The molecular formula is C18H21ClN6O3. The second kappa shape index (κ2) is 9.14. The van der Waals surface area contributed by atoms with E-state index in [9.17, 15) is 9.59 Å². The summed E-state index contributed by atoms with van der Waals surface area (Å²) in [6.45, 7) is 0.683. The maximum Gasteiger partial charge on any atom is 0.318 e. The highest BCUT2D eigenvalue weighted by Gasteiger charge is 2.33. The molecule has 1 aliphatic rings. The fourth-order valence-electron chi connectivity index (χ4n) is 3.01. The average Bonchev–Trinajstić information content (AvgIpc) is 3.06. The average molecular weight is 405 g/mol. The van der Waals surface area contributed by atoms with E-state index in [2.05, 4.69) is 20.0 Å². The molecule has 2 heterocycles. The van der Waals surface area contributed by atoms with Gasteiger partial charge in [-0.05, 0) is 5.56 Å². The van der Waals surface area contributed by atoms with Crippen LogP contribution < -0.4 is 11.1 Å². The number of nitrogen functional groups attached to an aromatic ring is 1. The first-order valence-corrected chi connectivity index (χ1v) is 8.38. The predicted octanol–water partition coefficient (Wildman–Crippen LogP) is 1.48. The minimum Gasteiger partial charge on any atom is -0.469 e. The molecule has 4 N–H and O–H groups in total. The van der Waals surface area contributed by atoms with Gasteiger partial charge < -0.3 is 20.7 Å². The normalized spacial score (nSPS) is 15.5. The number of aromatic nitrogens is 2. The monoisotopic (exact) mass is 404 g/mol. The van der Waals surface area contributed by atoms with E-state index >= 15 is 0 Å². The zero-order chi connectivity index (χ0) is 19.4. The molecule has 0 bridgehead atoms. The van der Waals surface area contributed by atoms with Crippen molar-refractivity contribution in [1.82, 2.24) is 20.2 Å². The van der Waals surface area contributed by atoms with Gasteiger partial charge in [0.1, 0.15) is 11.5 Å². The SMILES string of the molecule is COC(=O)CCN1C(=O)NCC1c1ccccc1-c1cnc(C(=N)N)cn1.Cl. The lowest BCUT2D eigenvalue weighted by Gasteiger charge is -2.24. The molecule has 0 radical (unpaired) electrons. The van der Waals surface area contributed by atoms with E-state index in [-0.39, 0.29) is 49.3 Å². The number of carbonyl (C=O) groups excluding carboxylic acids is 2. The van der Waals surface area contributed by atoms with E-state index < -0.39 is 0 Å². The van der Waals surface area contributed by atoms with Crippen molar-refractivity contribution in [3.8, 4) is 11.3 Å². The summed E-state index contributed by atoms with van der Waals surface area (Å²) in [5.74, 6) is -0.519. The van der Waals surface area contributed by atoms with Gasteiger partial charge in [-0.2, -0.15) is 0 Å². The van der Waals surface area contributed by atoms with Crippen LogP contribution >= 0.6 is 12.4 Å². The second-order valence-corrected chi connectivity index (χ2v) is 6.01. The predicted molar refractivity (Wildman–Crippen MR) is 105 cm³/mol. The molecule has 1 aliphatic heterocycles. The van der Waals surface area contributed by atoms with Crippen molar-refractivity contribution in [3.05, 3.63) is 47.9 Å². The number of nitrogens with zero attached hydrogens (tertiary/aromatic N) is 3. The van der Waals surface area contributed by atoms with Gasteiger partial charge in [-0.1, -0.05) is 24.3 Å². The molecule has 1 aromatic heterocycles. The lowest BCUT2D eigenvalue weighted by atomic mass is 9.97. The van der Waals surface area contributed by atoms with Gasteiger partial charge in [0.15, 0.2) is 0 Å². The summed E-state index contributed by atoms with van der Waals surface area (Å²) >= 11 is 0. The van der Waals surface area contributed by atoms with Crippen molar-refractivity contribution in [1.29, 1.82) is 5.41 Å². The fraction of sp³-hybridized carbons (Fsp3) is 0.278. The van der Waals surface area contributed by atoms with Gasteiger partial charge >= 0.3 is 12.0 Å². The standard InChI is InChI=1S/C18H20N6O3.ClH/c1-27-16(25)6-7-24-15(10-23-18(24)26)12-5-3-2-4-11(12)13-8-22-14(9-21-13)17(19)20;/h2-5,8-9,15H,6-7,10H2,1H3,(H3,19,20)(H,23,26);1H. The smallest absolute Gasteiger partial charge is 0.318 e. The van der Waals surface area contributed by atoms with Gasteiger partial charge in [0.25, 0.3) is 0 Å². The number of nitrogens with one attached hydrogen (secondary N) is 2. The van der Waals surface area contributed by atoms with Crippen LogP contribution in [0.5, 0.6) is 0 Å². The highest BCUT2D eigenvalue weighted by Crippen LogP contribution is 2.32. The number of urea groups is 1. The van der Waals surface area contributed by atoms with Crippen LogP contribution in [0.15, 0.2) is 36.7 Å². The van der Waals surface area contributed by atoms with Crippen LogP contribution in [0.3, 0.4) is 0 Å². The summed E-state index contributed by atoms with van der Waals surface area (Å²) in [5, 5.41) is 10.2. The first kappa shape index (κ1) is 21.1. The lowest BCUT2D eigenvalue weighted by Crippen LogP contribution is -2.32. The molecule has 0 spiro atoms. The van der Waals surface area contributed by atoms with Crippen LogP contribution in [-0.2, 0) is 9.53 Å². The van der Waals surface area contributed by atoms with Crippen molar-refractivity contribution >= 4 is 30.2 Å². The first-order chi connectivity index (χ1) is 13.0. The molecule has 9 nitrogen and oxygen atoms in total. The quantitative estimate of drug-likeness (QED) is 0.379. The number of amidine groups is 1. The summed E-state index contributed by atoms with van der Waals surface area (Å²) in [7, 11) is 1.32. The van der Waals surface area contributed by atoms with Crippen molar-refractivity contribution in [2.75, 3.05) is 20.2 Å². The molecule has 0 saturated carbocycles. The maximum absolute atomic E-state index is 12.2. The Balaban J connectivity index is 0.00000280. The molecule has 1 saturated heterocycles. The number of esters is 1. The molecule has 1 aromatic carbocycles. The van der Waals surface area contributed by atoms with Crippen LogP contribution in [0.2, 0.25) is 0 Å². The van der Waals surface area contributed by atoms with Gasteiger partial charge in [-0.15, -0.1) is 12.4 Å². The molecule has 28 heavy (non-hydrogen) atoms. The summed E-state index contributed by atoms with van der Waals surface area (Å²) in [4.78, 5) is 33.8. The molecular weight excluding hydrogens is 384 g/mol. The Kier molecular flexibility index (Phi) is 6.89. The fourth-order valence-corrected chi connectivity index (χ4v) is 3.01.